The Bertz CT molecular complexity index is 267. The first kappa shape index (κ1) is 13.7. The molecule has 0 aliphatic heterocycles. The minimum absolute atomic E-state index is 0.223. The number of nitrogens with one attached hydrogen (secondary N) is 1. The molecule has 6 nitrogen and oxygen atoms in total. The van der Waals surface area contributed by atoms with Crippen molar-refractivity contribution in [2.24, 2.45) is 5.10 Å². The van der Waals surface area contributed by atoms with Gasteiger partial charge in [-0.2, -0.15) is 5.10 Å². The van der Waals surface area contributed by atoms with Crippen LogP contribution in [0, 0.1) is 0 Å². The van der Waals surface area contributed by atoms with E-state index in [0.717, 1.165) is 0 Å². The van der Waals surface area contributed by atoms with Crippen LogP contribution < -0.4 is 5.43 Å². The molecule has 15 heavy (non-hydrogen) atoms. The standard InChI is InChI=1S/C8H13ClN2O4/c1-4-15-7(12)6(9)5(2)10-11-8(13)14-3/h6H,4H2,1-3H3,(H,11,13). The van der Waals surface area contributed by atoms with Crippen molar-refractivity contribution in [3.63, 3.8) is 0 Å². The van der Waals surface area contributed by atoms with E-state index in [1.807, 2.05) is 5.43 Å². The third-order valence-corrected chi connectivity index (χ3v) is 1.86. The summed E-state index contributed by atoms with van der Waals surface area (Å²) in [5.41, 5.74) is 2.27. The van der Waals surface area contributed by atoms with Gasteiger partial charge in [-0.15, -0.1) is 11.6 Å². The Kier molecular flexibility index (Phi) is 6.44. The second kappa shape index (κ2) is 7.05. The van der Waals surface area contributed by atoms with Crippen molar-refractivity contribution in [3.05, 3.63) is 0 Å². The van der Waals surface area contributed by atoms with Crippen LogP contribution in [0.5, 0.6) is 0 Å². The molecule has 1 atom stereocenters. The van der Waals surface area contributed by atoms with Gasteiger partial charge in [-0.05, 0) is 13.8 Å². The van der Waals surface area contributed by atoms with Crippen molar-refractivity contribution < 1.29 is 19.1 Å². The first-order valence-corrected chi connectivity index (χ1v) is 4.65. The number of ether oxygens (including phenoxy) is 2. The summed E-state index contributed by atoms with van der Waals surface area (Å²) >= 11 is 5.69. The van der Waals surface area contributed by atoms with E-state index in [9.17, 15) is 9.59 Å². The van der Waals surface area contributed by atoms with Crippen LogP contribution in [-0.2, 0) is 14.3 Å². The minimum Gasteiger partial charge on any atom is -0.465 e. The Morgan fingerprint density at radius 2 is 2.13 bits per heavy atom. The molecule has 0 rings (SSSR count). The first-order chi connectivity index (χ1) is 7.02. The third-order valence-electron chi connectivity index (χ3n) is 1.37. The number of hydrogen-bond acceptors (Lipinski definition) is 5. The van der Waals surface area contributed by atoms with E-state index < -0.39 is 17.4 Å². The van der Waals surface area contributed by atoms with Crippen molar-refractivity contribution in [2.45, 2.75) is 19.2 Å². The van der Waals surface area contributed by atoms with Crippen LogP contribution in [-0.4, -0.2) is 36.9 Å². The molecule has 0 aliphatic rings. The highest BCUT2D eigenvalue weighted by atomic mass is 35.5. The molecule has 1 N–H and O–H groups in total. The highest BCUT2D eigenvalue weighted by Crippen LogP contribution is 2.01. The smallest absolute Gasteiger partial charge is 0.427 e. The number of halogens is 1. The Morgan fingerprint density at radius 3 is 2.60 bits per heavy atom. The molecule has 0 aromatic rings. The molecule has 7 heteroatoms. The highest BCUT2D eigenvalue weighted by molar-refractivity contribution is 6.41. The number of methoxy groups -OCH3 is 1. The molecular formula is C8H13ClN2O4. The van der Waals surface area contributed by atoms with Gasteiger partial charge in [0.15, 0.2) is 5.38 Å². The van der Waals surface area contributed by atoms with Gasteiger partial charge in [0.05, 0.1) is 19.4 Å². The van der Waals surface area contributed by atoms with Gasteiger partial charge >= 0.3 is 12.1 Å². The molecule has 86 valence electrons. The van der Waals surface area contributed by atoms with Crippen LogP contribution >= 0.6 is 11.6 Å². The number of hydrogen-bond donors (Lipinski definition) is 1. The molecule has 0 bridgehead atoms. The second-order valence-electron chi connectivity index (χ2n) is 2.47. The number of carbonyl (C=O) groups excluding carboxylic acids is 2. The summed E-state index contributed by atoms with van der Waals surface area (Å²) in [7, 11) is 1.20. The van der Waals surface area contributed by atoms with E-state index in [0.29, 0.717) is 0 Å². The van der Waals surface area contributed by atoms with E-state index >= 15 is 0 Å². The Morgan fingerprint density at radius 1 is 1.53 bits per heavy atom. The van der Waals surface area contributed by atoms with Crippen LogP contribution in [0.1, 0.15) is 13.8 Å². The van der Waals surface area contributed by atoms with Crippen LogP contribution in [0.4, 0.5) is 4.79 Å². The summed E-state index contributed by atoms with van der Waals surface area (Å²) in [5, 5.41) is 2.55. The molecule has 0 saturated carbocycles. The number of rotatable bonds is 4. The van der Waals surface area contributed by atoms with Crippen molar-refractivity contribution in [1.82, 2.24) is 5.43 Å². The fraction of sp³-hybridized carbons (Fsp3) is 0.625. The van der Waals surface area contributed by atoms with Crippen molar-refractivity contribution in [2.75, 3.05) is 13.7 Å². The quantitative estimate of drug-likeness (QED) is 0.340. The van der Waals surface area contributed by atoms with Crippen molar-refractivity contribution in [3.8, 4) is 0 Å². The van der Waals surface area contributed by atoms with Crippen LogP contribution in [0.2, 0.25) is 0 Å². The van der Waals surface area contributed by atoms with E-state index in [-0.39, 0.29) is 12.3 Å². The zero-order valence-electron chi connectivity index (χ0n) is 8.74. The number of carbonyl (C=O) groups is 2. The van der Waals surface area contributed by atoms with Crippen LogP contribution in [0.25, 0.3) is 0 Å². The average molecular weight is 237 g/mol. The Balaban J connectivity index is 4.23. The second-order valence-corrected chi connectivity index (χ2v) is 2.91. The van der Waals surface area contributed by atoms with Crippen LogP contribution in [0.3, 0.4) is 0 Å². The molecular weight excluding hydrogens is 224 g/mol. The summed E-state index contributed by atoms with van der Waals surface area (Å²) in [6.07, 6.45) is -0.734. The maximum Gasteiger partial charge on any atom is 0.427 e. The number of amides is 1. The zero-order valence-corrected chi connectivity index (χ0v) is 9.50. The largest absolute Gasteiger partial charge is 0.465 e. The van der Waals surface area contributed by atoms with Gasteiger partial charge in [0.25, 0.3) is 0 Å². The topological polar surface area (TPSA) is 77.0 Å². The zero-order chi connectivity index (χ0) is 11.8. The predicted octanol–water partition coefficient (Wildman–Crippen LogP) is 0.889. The molecule has 0 radical (unpaired) electrons. The lowest BCUT2D eigenvalue weighted by atomic mass is 10.3. The summed E-state index contributed by atoms with van der Waals surface area (Å²) in [6, 6.07) is 0. The van der Waals surface area contributed by atoms with Gasteiger partial charge in [-0.25, -0.2) is 10.2 Å². The van der Waals surface area contributed by atoms with Gasteiger partial charge in [-0.1, -0.05) is 0 Å². The summed E-state index contributed by atoms with van der Waals surface area (Å²) in [6.45, 7) is 3.39. The van der Waals surface area contributed by atoms with Crippen molar-refractivity contribution in [1.29, 1.82) is 0 Å². The molecule has 0 fully saturated rings. The molecule has 1 amide bonds. The summed E-state index contributed by atoms with van der Waals surface area (Å²) < 4.78 is 8.93. The Hall–Kier alpha value is -1.30. The number of esters is 1. The molecule has 0 aliphatic carbocycles. The molecule has 0 aromatic heterocycles. The normalized spacial score (nSPS) is 12.9. The van der Waals surface area contributed by atoms with E-state index in [2.05, 4.69) is 14.6 Å². The summed E-state index contributed by atoms with van der Waals surface area (Å²) in [5.74, 6) is -0.605. The maximum atomic E-state index is 11.1. The number of alkyl halides is 1. The van der Waals surface area contributed by atoms with E-state index in [1.165, 1.54) is 14.0 Å². The summed E-state index contributed by atoms with van der Waals surface area (Å²) in [4.78, 5) is 21.8. The van der Waals surface area contributed by atoms with Gasteiger partial charge < -0.3 is 9.47 Å². The maximum absolute atomic E-state index is 11.1. The third kappa shape index (κ3) is 5.21. The molecule has 0 heterocycles. The highest BCUT2D eigenvalue weighted by Gasteiger charge is 2.20. The van der Waals surface area contributed by atoms with E-state index in [4.69, 9.17) is 11.6 Å². The van der Waals surface area contributed by atoms with Crippen molar-refractivity contribution >= 4 is 29.4 Å². The monoisotopic (exact) mass is 236 g/mol. The lowest BCUT2D eigenvalue weighted by molar-refractivity contribution is -0.141. The molecule has 0 aromatic carbocycles. The molecule has 1 unspecified atom stereocenters. The van der Waals surface area contributed by atoms with Gasteiger partial charge in [0, 0.05) is 0 Å². The molecule has 0 saturated heterocycles. The first-order valence-electron chi connectivity index (χ1n) is 4.21. The Labute approximate surface area is 92.6 Å². The van der Waals surface area contributed by atoms with Crippen LogP contribution in [0.15, 0.2) is 5.10 Å². The fourth-order valence-electron chi connectivity index (χ4n) is 0.622. The lowest BCUT2D eigenvalue weighted by Gasteiger charge is -2.07. The van der Waals surface area contributed by atoms with E-state index in [1.54, 1.807) is 6.92 Å². The van der Waals surface area contributed by atoms with Gasteiger partial charge in [-0.3, -0.25) is 4.79 Å². The SMILES string of the molecule is CCOC(=O)C(Cl)C(C)=NNC(=O)OC. The predicted molar refractivity (Wildman–Crippen MR) is 54.9 cm³/mol. The molecule has 0 spiro atoms. The number of nitrogens with zero attached hydrogens (tertiary/aromatic N) is 1. The van der Waals surface area contributed by atoms with Gasteiger partial charge in [0.1, 0.15) is 0 Å². The fourth-order valence-corrected chi connectivity index (χ4v) is 0.734. The number of hydrazone groups is 1. The lowest BCUT2D eigenvalue weighted by Crippen LogP contribution is -2.28. The van der Waals surface area contributed by atoms with Gasteiger partial charge in [0.2, 0.25) is 0 Å². The minimum atomic E-state index is -1.01. The average Bonchev–Trinajstić information content (AvgIpc) is 2.24.